The number of amides is 2. The Balaban J connectivity index is 1.67. The number of anilines is 1. The molecule has 0 radical (unpaired) electrons. The number of benzene rings is 2. The smallest absolute Gasteiger partial charge is 0.251 e. The molecule has 1 unspecified atom stereocenters. The van der Waals surface area contributed by atoms with E-state index in [0.717, 1.165) is 0 Å². The zero-order valence-electron chi connectivity index (χ0n) is 17.2. The molecule has 1 aromatic heterocycles. The van der Waals surface area contributed by atoms with Crippen molar-refractivity contribution in [1.82, 2.24) is 20.1 Å². The van der Waals surface area contributed by atoms with Gasteiger partial charge in [-0.25, -0.2) is 0 Å². The molecular weight excluding hydrogens is 469 g/mol. The number of thioether (sulfide) groups is 1. The molecule has 2 aromatic carbocycles. The van der Waals surface area contributed by atoms with Crippen LogP contribution in [-0.4, -0.2) is 32.3 Å². The van der Waals surface area contributed by atoms with Crippen molar-refractivity contribution >= 4 is 52.5 Å². The van der Waals surface area contributed by atoms with Gasteiger partial charge in [-0.3, -0.25) is 9.59 Å². The largest absolute Gasteiger partial charge is 0.342 e. The van der Waals surface area contributed by atoms with Crippen LogP contribution >= 0.6 is 35.0 Å². The highest BCUT2D eigenvalue weighted by molar-refractivity contribution is 7.99. The van der Waals surface area contributed by atoms with Crippen LogP contribution in [0.5, 0.6) is 0 Å². The van der Waals surface area contributed by atoms with E-state index < -0.39 is 6.04 Å². The second-order valence-corrected chi connectivity index (χ2v) is 8.55. The maximum absolute atomic E-state index is 12.6. The quantitative estimate of drug-likeness (QED) is 0.326. The van der Waals surface area contributed by atoms with E-state index in [1.54, 1.807) is 54.6 Å². The highest BCUT2D eigenvalue weighted by Gasteiger charge is 2.20. The number of allylic oxidation sites excluding steroid dienone is 1. The molecule has 2 amide bonds. The van der Waals surface area contributed by atoms with Crippen molar-refractivity contribution in [2.24, 2.45) is 0 Å². The number of para-hydroxylation sites is 1. The number of halogens is 2. The van der Waals surface area contributed by atoms with Gasteiger partial charge in [-0.15, -0.1) is 16.8 Å². The van der Waals surface area contributed by atoms with Crippen molar-refractivity contribution in [2.75, 3.05) is 11.1 Å². The molecule has 1 heterocycles. The fourth-order valence-electron chi connectivity index (χ4n) is 2.88. The van der Waals surface area contributed by atoms with Gasteiger partial charge in [-0.2, -0.15) is 0 Å². The van der Waals surface area contributed by atoms with Crippen molar-refractivity contribution in [1.29, 1.82) is 0 Å². The number of carbonyl (C=O) groups is 2. The summed E-state index contributed by atoms with van der Waals surface area (Å²) in [7, 11) is 0. The van der Waals surface area contributed by atoms with Crippen LogP contribution in [-0.2, 0) is 11.3 Å². The zero-order chi connectivity index (χ0) is 23.1. The minimum atomic E-state index is -0.430. The molecule has 0 aliphatic rings. The summed E-state index contributed by atoms with van der Waals surface area (Å²) in [5.41, 5.74) is 0.996. The predicted molar refractivity (Wildman–Crippen MR) is 128 cm³/mol. The summed E-state index contributed by atoms with van der Waals surface area (Å²) in [6.07, 6.45) is 1.70. The van der Waals surface area contributed by atoms with Crippen LogP contribution in [0.3, 0.4) is 0 Å². The molecule has 0 spiro atoms. The molecule has 10 heteroatoms. The van der Waals surface area contributed by atoms with Gasteiger partial charge in [0.25, 0.3) is 5.91 Å². The lowest BCUT2D eigenvalue weighted by Crippen LogP contribution is -2.28. The fraction of sp³-hybridized carbons (Fsp3) is 0.182. The molecule has 3 aromatic rings. The monoisotopic (exact) mass is 489 g/mol. The Morgan fingerprint density at radius 3 is 2.69 bits per heavy atom. The van der Waals surface area contributed by atoms with Crippen molar-refractivity contribution in [2.45, 2.75) is 24.7 Å². The number of carbonyl (C=O) groups excluding carboxylic acids is 2. The number of aromatic nitrogens is 3. The van der Waals surface area contributed by atoms with Gasteiger partial charge in [-0.1, -0.05) is 59.2 Å². The molecule has 0 bridgehead atoms. The summed E-state index contributed by atoms with van der Waals surface area (Å²) in [5.74, 6) is 0.167. The van der Waals surface area contributed by atoms with E-state index in [4.69, 9.17) is 23.2 Å². The van der Waals surface area contributed by atoms with Crippen molar-refractivity contribution in [3.63, 3.8) is 0 Å². The Hall–Kier alpha value is -2.81. The zero-order valence-corrected chi connectivity index (χ0v) is 19.5. The topological polar surface area (TPSA) is 88.9 Å². The third-order valence-electron chi connectivity index (χ3n) is 4.36. The lowest BCUT2D eigenvalue weighted by Gasteiger charge is -2.15. The van der Waals surface area contributed by atoms with E-state index in [0.29, 0.717) is 38.8 Å². The number of nitrogens with one attached hydrogen (secondary N) is 2. The summed E-state index contributed by atoms with van der Waals surface area (Å²) in [4.78, 5) is 24.9. The summed E-state index contributed by atoms with van der Waals surface area (Å²) in [6, 6.07) is 13.3. The fourth-order valence-corrected chi connectivity index (χ4v) is 4.01. The average molecular weight is 490 g/mol. The first kappa shape index (κ1) is 23.8. The van der Waals surface area contributed by atoms with Crippen molar-refractivity contribution in [3.8, 4) is 0 Å². The van der Waals surface area contributed by atoms with Gasteiger partial charge in [0.1, 0.15) is 0 Å². The molecule has 2 N–H and O–H groups in total. The van der Waals surface area contributed by atoms with Crippen LogP contribution in [0.2, 0.25) is 10.0 Å². The van der Waals surface area contributed by atoms with Crippen LogP contribution in [0.4, 0.5) is 5.69 Å². The number of hydrogen-bond donors (Lipinski definition) is 2. The van der Waals surface area contributed by atoms with Crippen LogP contribution in [0, 0.1) is 0 Å². The molecule has 3 rings (SSSR count). The lowest BCUT2D eigenvalue weighted by atomic mass is 10.2. The van der Waals surface area contributed by atoms with Crippen LogP contribution in [0.1, 0.15) is 29.1 Å². The van der Waals surface area contributed by atoms with Crippen LogP contribution in [0.25, 0.3) is 0 Å². The molecule has 7 nitrogen and oxygen atoms in total. The summed E-state index contributed by atoms with van der Waals surface area (Å²) in [6.45, 7) is 6.01. The Labute approximate surface area is 200 Å². The highest BCUT2D eigenvalue weighted by Crippen LogP contribution is 2.23. The van der Waals surface area contributed by atoms with Crippen molar-refractivity contribution < 1.29 is 9.59 Å². The first-order chi connectivity index (χ1) is 15.4. The van der Waals surface area contributed by atoms with Crippen LogP contribution in [0.15, 0.2) is 66.3 Å². The van der Waals surface area contributed by atoms with Gasteiger partial charge in [0, 0.05) is 17.1 Å². The minimum Gasteiger partial charge on any atom is -0.342 e. The Bertz CT molecular complexity index is 1140. The van der Waals surface area contributed by atoms with E-state index in [1.807, 2.05) is 11.5 Å². The Morgan fingerprint density at radius 2 is 1.97 bits per heavy atom. The van der Waals surface area contributed by atoms with E-state index in [9.17, 15) is 9.59 Å². The average Bonchev–Trinajstić information content (AvgIpc) is 3.17. The first-order valence-electron chi connectivity index (χ1n) is 9.66. The van der Waals surface area contributed by atoms with Gasteiger partial charge in [0.15, 0.2) is 11.0 Å². The third-order valence-corrected chi connectivity index (χ3v) is 5.89. The van der Waals surface area contributed by atoms with E-state index in [-0.39, 0.29) is 17.6 Å². The van der Waals surface area contributed by atoms with Gasteiger partial charge in [0.05, 0.1) is 22.5 Å². The first-order valence-corrected chi connectivity index (χ1v) is 11.4. The maximum Gasteiger partial charge on any atom is 0.251 e. The summed E-state index contributed by atoms with van der Waals surface area (Å²) < 4.78 is 1.81. The molecule has 32 heavy (non-hydrogen) atoms. The Morgan fingerprint density at radius 1 is 1.19 bits per heavy atom. The number of nitrogens with zero attached hydrogens (tertiary/aromatic N) is 3. The maximum atomic E-state index is 12.6. The molecular formula is C22H21Cl2N5O2S. The summed E-state index contributed by atoms with van der Waals surface area (Å²) >= 11 is 13.3. The summed E-state index contributed by atoms with van der Waals surface area (Å²) in [5, 5.41) is 15.6. The minimum absolute atomic E-state index is 0.115. The molecule has 0 saturated heterocycles. The van der Waals surface area contributed by atoms with Gasteiger partial charge < -0.3 is 15.2 Å². The predicted octanol–water partition coefficient (Wildman–Crippen LogP) is 4.99. The second-order valence-electron chi connectivity index (χ2n) is 6.76. The molecule has 0 fully saturated rings. The van der Waals surface area contributed by atoms with Gasteiger partial charge in [0.2, 0.25) is 5.91 Å². The van der Waals surface area contributed by atoms with Crippen LogP contribution < -0.4 is 10.6 Å². The normalized spacial score (nSPS) is 11.6. The molecule has 0 saturated carbocycles. The molecule has 0 aliphatic carbocycles. The molecule has 166 valence electrons. The highest BCUT2D eigenvalue weighted by atomic mass is 35.5. The molecule has 0 aliphatic heterocycles. The van der Waals surface area contributed by atoms with Crippen molar-refractivity contribution in [3.05, 3.63) is 82.6 Å². The lowest BCUT2D eigenvalue weighted by molar-refractivity contribution is -0.113. The SMILES string of the molecule is C=CCn1c(SCC(=O)Nc2ccccc2Cl)nnc1C(C)NC(=O)c1cccc(Cl)c1. The van der Waals surface area contributed by atoms with Gasteiger partial charge >= 0.3 is 0 Å². The molecule has 1 atom stereocenters. The van der Waals surface area contributed by atoms with E-state index in [2.05, 4.69) is 27.4 Å². The van der Waals surface area contributed by atoms with E-state index >= 15 is 0 Å². The third kappa shape index (κ3) is 6.12. The number of rotatable bonds is 9. The van der Waals surface area contributed by atoms with Gasteiger partial charge in [-0.05, 0) is 37.3 Å². The standard InChI is InChI=1S/C22H21Cl2N5O2S/c1-3-11-29-20(14(2)25-21(31)15-7-6-8-16(23)12-15)27-28-22(29)32-13-19(30)26-18-10-5-4-9-17(18)24/h3-10,12,14H,1,11,13H2,2H3,(H,25,31)(H,26,30). The van der Waals surface area contributed by atoms with E-state index in [1.165, 1.54) is 11.8 Å². The Kier molecular flexibility index (Phi) is 8.33. The second kappa shape index (κ2) is 11.2. The number of hydrogen-bond acceptors (Lipinski definition) is 5.